The Morgan fingerprint density at radius 2 is 2.14 bits per heavy atom. The highest BCUT2D eigenvalue weighted by Crippen LogP contribution is 2.26. The lowest BCUT2D eigenvalue weighted by Crippen LogP contribution is -2.19. The lowest BCUT2D eigenvalue weighted by molar-refractivity contribution is 0.577. The summed E-state index contributed by atoms with van der Waals surface area (Å²) >= 11 is 1.46. The van der Waals surface area contributed by atoms with Crippen molar-refractivity contribution in [3.8, 4) is 0 Å². The number of benzene rings is 1. The zero-order chi connectivity index (χ0) is 14.8. The molecule has 0 amide bonds. The van der Waals surface area contributed by atoms with E-state index in [9.17, 15) is 0 Å². The number of hydrogen-bond acceptors (Lipinski definition) is 5. The van der Waals surface area contributed by atoms with Gasteiger partial charge in [0.2, 0.25) is 0 Å². The molecule has 2 heterocycles. The van der Waals surface area contributed by atoms with E-state index in [1.54, 1.807) is 0 Å². The van der Waals surface area contributed by atoms with Crippen molar-refractivity contribution in [2.24, 2.45) is 0 Å². The number of aryl methyl sites for hydroxylation is 2. The van der Waals surface area contributed by atoms with E-state index in [0.717, 1.165) is 24.4 Å². The highest BCUT2D eigenvalue weighted by atomic mass is 32.1. The maximum Gasteiger partial charge on any atom is 0.0772 e. The highest BCUT2D eigenvalue weighted by Gasteiger charge is 2.19. The van der Waals surface area contributed by atoms with Crippen LogP contribution in [0, 0.1) is 6.92 Å². The van der Waals surface area contributed by atoms with Crippen molar-refractivity contribution in [2.75, 3.05) is 7.05 Å². The molecule has 6 heteroatoms. The van der Waals surface area contributed by atoms with Gasteiger partial charge < -0.3 is 5.32 Å². The third-order valence-corrected chi connectivity index (χ3v) is 4.72. The monoisotopic (exact) mass is 301 g/mol. The first-order chi connectivity index (χ1) is 10.2. The molecule has 1 atom stereocenters. The second-order valence-electron chi connectivity index (χ2n) is 5.05. The van der Waals surface area contributed by atoms with Gasteiger partial charge in [0.05, 0.1) is 27.8 Å². The molecule has 0 aliphatic heterocycles. The van der Waals surface area contributed by atoms with Gasteiger partial charge in [0.15, 0.2) is 0 Å². The van der Waals surface area contributed by atoms with E-state index >= 15 is 0 Å². The first-order valence-electron chi connectivity index (χ1n) is 7.15. The molecule has 1 aromatic carbocycles. The summed E-state index contributed by atoms with van der Waals surface area (Å²) in [5, 5.41) is 13.5. The van der Waals surface area contributed by atoms with E-state index in [1.807, 2.05) is 14.0 Å². The fraction of sp³-hybridized carbons (Fsp3) is 0.400. The molecule has 3 rings (SSSR count). The van der Waals surface area contributed by atoms with E-state index in [2.05, 4.69) is 50.8 Å². The second-order valence-corrected chi connectivity index (χ2v) is 5.83. The first-order valence-corrected chi connectivity index (χ1v) is 7.92. The van der Waals surface area contributed by atoms with Crippen LogP contribution in [0.15, 0.2) is 24.3 Å². The van der Waals surface area contributed by atoms with Crippen LogP contribution in [0.5, 0.6) is 0 Å². The minimum Gasteiger partial charge on any atom is -0.312 e. The average molecular weight is 301 g/mol. The van der Waals surface area contributed by atoms with Crippen LogP contribution in [0.4, 0.5) is 0 Å². The van der Waals surface area contributed by atoms with Crippen molar-refractivity contribution in [1.82, 2.24) is 24.7 Å². The van der Waals surface area contributed by atoms with Gasteiger partial charge in [-0.25, -0.2) is 0 Å². The fourth-order valence-corrected chi connectivity index (χ4v) is 3.42. The summed E-state index contributed by atoms with van der Waals surface area (Å²) in [6.45, 7) is 5.01. The third-order valence-electron chi connectivity index (χ3n) is 3.78. The summed E-state index contributed by atoms with van der Waals surface area (Å²) in [6, 6.07) is 8.61. The van der Waals surface area contributed by atoms with Crippen molar-refractivity contribution in [2.45, 2.75) is 32.9 Å². The predicted molar refractivity (Wildman–Crippen MR) is 85.6 cm³/mol. The SMILES string of the molecule is CCn1nc(CC(NC)c2snnc2C)c2ccccc21. The topological polar surface area (TPSA) is 55.6 Å². The second kappa shape index (κ2) is 5.91. The Morgan fingerprint density at radius 3 is 2.81 bits per heavy atom. The van der Waals surface area contributed by atoms with Crippen molar-refractivity contribution in [3.63, 3.8) is 0 Å². The number of aromatic nitrogens is 4. The summed E-state index contributed by atoms with van der Waals surface area (Å²) in [5.41, 5.74) is 3.32. The minimum absolute atomic E-state index is 0.202. The summed E-state index contributed by atoms with van der Waals surface area (Å²) in [4.78, 5) is 1.19. The van der Waals surface area contributed by atoms with Gasteiger partial charge in [-0.3, -0.25) is 4.68 Å². The molecular formula is C15H19N5S. The highest BCUT2D eigenvalue weighted by molar-refractivity contribution is 7.05. The van der Waals surface area contributed by atoms with Crippen LogP contribution >= 0.6 is 11.5 Å². The van der Waals surface area contributed by atoms with Gasteiger partial charge in [-0.15, -0.1) is 5.10 Å². The summed E-state index contributed by atoms with van der Waals surface area (Å²) in [5.74, 6) is 0. The number of nitrogens with zero attached hydrogens (tertiary/aromatic N) is 4. The lowest BCUT2D eigenvalue weighted by Gasteiger charge is -2.13. The third kappa shape index (κ3) is 2.56. The van der Waals surface area contributed by atoms with E-state index in [0.29, 0.717) is 0 Å². The van der Waals surface area contributed by atoms with Crippen LogP contribution in [0.2, 0.25) is 0 Å². The van der Waals surface area contributed by atoms with Crippen LogP contribution < -0.4 is 5.32 Å². The maximum atomic E-state index is 4.78. The number of likely N-dealkylation sites (N-methyl/N-ethyl adjacent to an activating group) is 1. The molecule has 5 nitrogen and oxygen atoms in total. The number of fused-ring (bicyclic) bond motifs is 1. The lowest BCUT2D eigenvalue weighted by atomic mass is 10.1. The van der Waals surface area contributed by atoms with Crippen LogP contribution in [-0.4, -0.2) is 26.4 Å². The number of para-hydroxylation sites is 1. The average Bonchev–Trinajstić information content (AvgIpc) is 3.09. The number of hydrogen-bond donors (Lipinski definition) is 1. The molecule has 110 valence electrons. The Morgan fingerprint density at radius 1 is 1.33 bits per heavy atom. The first kappa shape index (κ1) is 14.2. The molecule has 2 aromatic heterocycles. The summed E-state index contributed by atoms with van der Waals surface area (Å²) in [6.07, 6.45) is 0.842. The molecule has 0 fully saturated rings. The Hall–Kier alpha value is -1.79. The van der Waals surface area contributed by atoms with Gasteiger partial charge in [0, 0.05) is 18.4 Å². The molecule has 0 saturated heterocycles. The van der Waals surface area contributed by atoms with Crippen LogP contribution in [0.1, 0.15) is 29.2 Å². The number of nitrogens with one attached hydrogen (secondary N) is 1. The molecule has 0 saturated carbocycles. The van der Waals surface area contributed by atoms with Gasteiger partial charge in [0.1, 0.15) is 0 Å². The molecule has 1 unspecified atom stereocenters. The Kier molecular flexibility index (Phi) is 3.98. The zero-order valence-corrected chi connectivity index (χ0v) is 13.3. The quantitative estimate of drug-likeness (QED) is 0.787. The molecule has 3 aromatic rings. The largest absolute Gasteiger partial charge is 0.312 e. The van der Waals surface area contributed by atoms with E-state index < -0.39 is 0 Å². The molecule has 0 radical (unpaired) electrons. The van der Waals surface area contributed by atoms with Crippen molar-refractivity contribution >= 4 is 22.4 Å². The van der Waals surface area contributed by atoms with Crippen LogP contribution in [0.25, 0.3) is 10.9 Å². The summed E-state index contributed by atoms with van der Waals surface area (Å²) < 4.78 is 6.11. The van der Waals surface area contributed by atoms with Gasteiger partial charge >= 0.3 is 0 Å². The standard InChI is InChI=1S/C15H19N5S/c1-4-20-14-8-6-5-7-11(14)12(18-20)9-13(16-3)15-10(2)17-19-21-15/h5-8,13,16H,4,9H2,1-3H3. The van der Waals surface area contributed by atoms with E-state index in [1.165, 1.54) is 27.3 Å². The molecule has 21 heavy (non-hydrogen) atoms. The molecule has 0 spiro atoms. The predicted octanol–water partition coefficient (Wildman–Crippen LogP) is 2.72. The van der Waals surface area contributed by atoms with Gasteiger partial charge in [-0.2, -0.15) is 5.10 Å². The molecular weight excluding hydrogens is 282 g/mol. The smallest absolute Gasteiger partial charge is 0.0772 e. The molecule has 0 bridgehead atoms. The van der Waals surface area contributed by atoms with Crippen molar-refractivity contribution < 1.29 is 0 Å². The molecule has 1 N–H and O–H groups in total. The molecule has 0 aliphatic rings. The van der Waals surface area contributed by atoms with E-state index in [4.69, 9.17) is 5.10 Å². The molecule has 0 aliphatic carbocycles. The normalized spacial score (nSPS) is 12.9. The van der Waals surface area contributed by atoms with Crippen LogP contribution in [0.3, 0.4) is 0 Å². The maximum absolute atomic E-state index is 4.78. The van der Waals surface area contributed by atoms with Gasteiger partial charge in [-0.1, -0.05) is 22.7 Å². The van der Waals surface area contributed by atoms with Crippen molar-refractivity contribution in [3.05, 3.63) is 40.5 Å². The summed E-state index contributed by atoms with van der Waals surface area (Å²) in [7, 11) is 1.98. The van der Waals surface area contributed by atoms with Gasteiger partial charge in [0.25, 0.3) is 0 Å². The fourth-order valence-electron chi connectivity index (χ4n) is 2.66. The number of rotatable bonds is 5. The Labute approximate surface area is 128 Å². The van der Waals surface area contributed by atoms with Gasteiger partial charge in [-0.05, 0) is 38.5 Å². The van der Waals surface area contributed by atoms with Crippen LogP contribution in [-0.2, 0) is 13.0 Å². The van der Waals surface area contributed by atoms with E-state index in [-0.39, 0.29) is 6.04 Å². The Balaban J connectivity index is 1.99. The minimum atomic E-state index is 0.202. The van der Waals surface area contributed by atoms with Crippen molar-refractivity contribution in [1.29, 1.82) is 0 Å². The zero-order valence-electron chi connectivity index (χ0n) is 12.5. The Bertz CT molecular complexity index is 745.